The zero-order valence-electron chi connectivity index (χ0n) is 8.73. The lowest BCUT2D eigenvalue weighted by Crippen LogP contribution is -2.40. The van der Waals surface area contributed by atoms with E-state index in [1.807, 2.05) is 0 Å². The van der Waals surface area contributed by atoms with Crippen molar-refractivity contribution >= 4 is 11.9 Å². The van der Waals surface area contributed by atoms with Gasteiger partial charge in [-0.15, -0.1) is 0 Å². The SMILES string of the molecule is COCC(CO)NC(=O)CCCC(=O)O. The molecule has 0 fully saturated rings. The molecule has 0 aliphatic rings. The summed E-state index contributed by atoms with van der Waals surface area (Å²) in [5.74, 6) is -1.19. The van der Waals surface area contributed by atoms with Crippen LogP contribution in [-0.4, -0.2) is 48.5 Å². The maximum absolute atomic E-state index is 11.2. The van der Waals surface area contributed by atoms with Crippen LogP contribution >= 0.6 is 0 Å². The number of aliphatic hydroxyl groups excluding tert-OH is 1. The van der Waals surface area contributed by atoms with Crippen LogP contribution < -0.4 is 5.32 Å². The van der Waals surface area contributed by atoms with Crippen molar-refractivity contribution in [3.05, 3.63) is 0 Å². The smallest absolute Gasteiger partial charge is 0.303 e. The molecule has 15 heavy (non-hydrogen) atoms. The van der Waals surface area contributed by atoms with Gasteiger partial charge in [-0.1, -0.05) is 0 Å². The molecule has 0 aliphatic carbocycles. The van der Waals surface area contributed by atoms with Crippen LogP contribution in [-0.2, 0) is 14.3 Å². The normalized spacial score (nSPS) is 12.1. The molecule has 1 unspecified atom stereocenters. The van der Waals surface area contributed by atoms with Crippen LogP contribution in [0, 0.1) is 0 Å². The summed E-state index contributed by atoms with van der Waals surface area (Å²) in [6, 6.07) is -0.424. The molecule has 0 aromatic rings. The van der Waals surface area contributed by atoms with Crippen LogP contribution in [0.15, 0.2) is 0 Å². The average Bonchev–Trinajstić information content (AvgIpc) is 2.16. The molecule has 0 rings (SSSR count). The van der Waals surface area contributed by atoms with Gasteiger partial charge < -0.3 is 20.3 Å². The first-order chi connectivity index (χ1) is 7.10. The summed E-state index contributed by atoms with van der Waals surface area (Å²) in [6.45, 7) is 0.0414. The number of rotatable bonds is 8. The van der Waals surface area contributed by atoms with Crippen molar-refractivity contribution in [2.24, 2.45) is 0 Å². The van der Waals surface area contributed by atoms with Crippen molar-refractivity contribution < 1.29 is 24.5 Å². The molecule has 0 radical (unpaired) electrons. The van der Waals surface area contributed by atoms with Gasteiger partial charge in [-0.2, -0.15) is 0 Å². The van der Waals surface area contributed by atoms with Gasteiger partial charge in [-0.25, -0.2) is 0 Å². The summed E-state index contributed by atoms with van der Waals surface area (Å²) in [5.41, 5.74) is 0. The number of aliphatic hydroxyl groups is 1. The molecule has 6 heteroatoms. The van der Waals surface area contributed by atoms with E-state index in [0.29, 0.717) is 6.42 Å². The summed E-state index contributed by atoms with van der Waals surface area (Å²) in [5, 5.41) is 19.7. The zero-order valence-corrected chi connectivity index (χ0v) is 8.73. The lowest BCUT2D eigenvalue weighted by Gasteiger charge is -2.14. The third-order valence-corrected chi connectivity index (χ3v) is 1.75. The Bertz CT molecular complexity index is 207. The molecular weight excluding hydrogens is 202 g/mol. The van der Waals surface area contributed by atoms with E-state index in [1.54, 1.807) is 0 Å². The number of aliphatic carboxylic acids is 1. The Morgan fingerprint density at radius 3 is 2.53 bits per heavy atom. The summed E-state index contributed by atoms with van der Waals surface area (Å²) in [7, 11) is 1.47. The number of carbonyl (C=O) groups is 2. The van der Waals surface area contributed by atoms with Crippen LogP contribution in [0.1, 0.15) is 19.3 Å². The summed E-state index contributed by atoms with van der Waals surface area (Å²) < 4.78 is 4.77. The fourth-order valence-electron chi connectivity index (χ4n) is 1.04. The van der Waals surface area contributed by atoms with Crippen molar-refractivity contribution in [3.63, 3.8) is 0 Å². The maximum Gasteiger partial charge on any atom is 0.303 e. The molecule has 0 aromatic heterocycles. The zero-order chi connectivity index (χ0) is 11.7. The Morgan fingerprint density at radius 2 is 2.07 bits per heavy atom. The number of hydrogen-bond acceptors (Lipinski definition) is 4. The molecule has 0 bridgehead atoms. The van der Waals surface area contributed by atoms with E-state index in [9.17, 15) is 9.59 Å². The van der Waals surface area contributed by atoms with Gasteiger partial charge in [-0.3, -0.25) is 9.59 Å². The number of methoxy groups -OCH3 is 1. The van der Waals surface area contributed by atoms with Gasteiger partial charge in [0.15, 0.2) is 0 Å². The second-order valence-electron chi connectivity index (χ2n) is 3.15. The van der Waals surface area contributed by atoms with Crippen molar-refractivity contribution in [1.82, 2.24) is 5.32 Å². The van der Waals surface area contributed by atoms with E-state index in [1.165, 1.54) is 7.11 Å². The third-order valence-electron chi connectivity index (χ3n) is 1.75. The van der Waals surface area contributed by atoms with E-state index in [4.69, 9.17) is 14.9 Å². The molecule has 0 aliphatic heterocycles. The van der Waals surface area contributed by atoms with Crippen LogP contribution in [0.5, 0.6) is 0 Å². The number of carbonyl (C=O) groups excluding carboxylic acids is 1. The monoisotopic (exact) mass is 219 g/mol. The fraction of sp³-hybridized carbons (Fsp3) is 0.778. The Hall–Kier alpha value is -1.14. The lowest BCUT2D eigenvalue weighted by atomic mass is 10.2. The van der Waals surface area contributed by atoms with Gasteiger partial charge in [0, 0.05) is 20.0 Å². The first kappa shape index (κ1) is 13.9. The van der Waals surface area contributed by atoms with Gasteiger partial charge in [0.2, 0.25) is 5.91 Å². The molecule has 0 saturated heterocycles. The molecule has 0 heterocycles. The number of carboxylic acid groups (broad SMARTS) is 1. The van der Waals surface area contributed by atoms with Crippen LogP contribution in [0.25, 0.3) is 0 Å². The van der Waals surface area contributed by atoms with Gasteiger partial charge in [0.25, 0.3) is 0 Å². The predicted molar refractivity (Wildman–Crippen MR) is 52.4 cm³/mol. The molecule has 1 amide bonds. The molecule has 0 aromatic carbocycles. The Kier molecular flexibility index (Phi) is 7.57. The highest BCUT2D eigenvalue weighted by Gasteiger charge is 2.10. The standard InChI is InChI=1S/C9H17NO5/c1-15-6-7(5-11)10-8(12)3-2-4-9(13)14/h7,11H,2-6H2,1H3,(H,10,12)(H,13,14). The van der Waals surface area contributed by atoms with Gasteiger partial charge in [0.05, 0.1) is 19.3 Å². The third kappa shape index (κ3) is 7.90. The second-order valence-corrected chi connectivity index (χ2v) is 3.15. The van der Waals surface area contributed by atoms with Crippen LogP contribution in [0.4, 0.5) is 0 Å². The molecule has 6 nitrogen and oxygen atoms in total. The van der Waals surface area contributed by atoms with Crippen molar-refractivity contribution in [2.45, 2.75) is 25.3 Å². The lowest BCUT2D eigenvalue weighted by molar-refractivity contribution is -0.137. The van der Waals surface area contributed by atoms with Gasteiger partial charge in [0.1, 0.15) is 0 Å². The average molecular weight is 219 g/mol. The first-order valence-corrected chi connectivity index (χ1v) is 4.71. The van der Waals surface area contributed by atoms with Crippen molar-refractivity contribution in [3.8, 4) is 0 Å². The highest BCUT2D eigenvalue weighted by atomic mass is 16.5. The number of ether oxygens (including phenoxy) is 1. The van der Waals surface area contributed by atoms with E-state index in [0.717, 1.165) is 0 Å². The molecule has 88 valence electrons. The molecule has 1 atom stereocenters. The van der Waals surface area contributed by atoms with E-state index >= 15 is 0 Å². The number of carboxylic acids is 1. The summed E-state index contributed by atoms with van der Waals surface area (Å²) in [6.07, 6.45) is 0.417. The highest BCUT2D eigenvalue weighted by molar-refractivity contribution is 5.77. The minimum Gasteiger partial charge on any atom is -0.481 e. The second kappa shape index (κ2) is 8.19. The van der Waals surface area contributed by atoms with Crippen molar-refractivity contribution in [1.29, 1.82) is 0 Å². The Balaban J connectivity index is 3.66. The predicted octanol–water partition coefficient (Wildman–Crippen LogP) is -0.635. The first-order valence-electron chi connectivity index (χ1n) is 4.71. The highest BCUT2D eigenvalue weighted by Crippen LogP contribution is 1.96. The minimum atomic E-state index is -0.918. The van der Waals surface area contributed by atoms with Gasteiger partial charge >= 0.3 is 5.97 Å². The quantitative estimate of drug-likeness (QED) is 0.505. The van der Waals surface area contributed by atoms with Crippen LogP contribution in [0.2, 0.25) is 0 Å². The van der Waals surface area contributed by atoms with Crippen molar-refractivity contribution in [2.75, 3.05) is 20.3 Å². The molecule has 3 N–H and O–H groups in total. The minimum absolute atomic E-state index is 0.0263. The maximum atomic E-state index is 11.2. The Labute approximate surface area is 88.2 Å². The fourth-order valence-corrected chi connectivity index (χ4v) is 1.04. The van der Waals surface area contributed by atoms with E-state index in [-0.39, 0.29) is 32.0 Å². The number of hydrogen-bond donors (Lipinski definition) is 3. The molecule has 0 saturated carbocycles. The van der Waals surface area contributed by atoms with Gasteiger partial charge in [-0.05, 0) is 6.42 Å². The van der Waals surface area contributed by atoms with Crippen LogP contribution in [0.3, 0.4) is 0 Å². The van der Waals surface area contributed by atoms with E-state index < -0.39 is 12.0 Å². The number of nitrogens with one attached hydrogen (secondary N) is 1. The largest absolute Gasteiger partial charge is 0.481 e. The topological polar surface area (TPSA) is 95.9 Å². The number of amides is 1. The summed E-state index contributed by atoms with van der Waals surface area (Å²) >= 11 is 0. The molecule has 0 spiro atoms. The summed E-state index contributed by atoms with van der Waals surface area (Å²) in [4.78, 5) is 21.4. The molecular formula is C9H17NO5. The Morgan fingerprint density at radius 1 is 1.40 bits per heavy atom. The van der Waals surface area contributed by atoms with E-state index in [2.05, 4.69) is 5.32 Å².